The summed E-state index contributed by atoms with van der Waals surface area (Å²) >= 11 is 0. The van der Waals surface area contributed by atoms with Crippen LogP contribution in [0.15, 0.2) is 59.4 Å². The average molecular weight is 389 g/mol. The van der Waals surface area contributed by atoms with Gasteiger partial charge in [0, 0.05) is 17.4 Å². The van der Waals surface area contributed by atoms with E-state index in [1.165, 1.54) is 48.5 Å². The van der Waals surface area contributed by atoms with Crippen molar-refractivity contribution in [1.82, 2.24) is 9.78 Å². The number of benzene rings is 2. The number of anilines is 1. The van der Waals surface area contributed by atoms with Gasteiger partial charge in [0.15, 0.2) is 5.69 Å². The largest absolute Gasteiger partial charge is 0.435 e. The summed E-state index contributed by atoms with van der Waals surface area (Å²) in [5.74, 6) is -1.47. The van der Waals surface area contributed by atoms with Gasteiger partial charge in [-0.2, -0.15) is 13.9 Å². The molecular formula is C19H14F3N3O3. The molecule has 2 aromatic carbocycles. The van der Waals surface area contributed by atoms with Crippen LogP contribution in [0.4, 0.5) is 18.9 Å². The van der Waals surface area contributed by atoms with E-state index in [0.717, 1.165) is 4.68 Å². The van der Waals surface area contributed by atoms with Gasteiger partial charge in [0.2, 0.25) is 5.43 Å². The standard InChI is InChI=1S/C19H14F3N3O3/c1-11-10-16(26)17(24-25(11)15-5-3-2-4-14(15)20)18(27)23-12-6-8-13(9-7-12)28-19(21)22/h2-10,19H,1H3,(H,23,27). The Bertz CT molecular complexity index is 1070. The maximum atomic E-state index is 14.1. The van der Waals surface area contributed by atoms with Crippen molar-refractivity contribution in [2.75, 3.05) is 5.32 Å². The molecule has 1 N–H and O–H groups in total. The van der Waals surface area contributed by atoms with Gasteiger partial charge in [-0.05, 0) is 43.3 Å². The van der Waals surface area contributed by atoms with E-state index in [4.69, 9.17) is 0 Å². The molecule has 0 aliphatic heterocycles. The number of hydrogen-bond acceptors (Lipinski definition) is 4. The molecule has 0 saturated heterocycles. The van der Waals surface area contributed by atoms with E-state index in [9.17, 15) is 22.8 Å². The Labute approximate surface area is 157 Å². The fourth-order valence-corrected chi connectivity index (χ4v) is 2.48. The maximum Gasteiger partial charge on any atom is 0.387 e. The van der Waals surface area contributed by atoms with Crippen molar-refractivity contribution >= 4 is 11.6 Å². The Kier molecular flexibility index (Phi) is 5.44. The molecule has 0 atom stereocenters. The lowest BCUT2D eigenvalue weighted by Crippen LogP contribution is -2.27. The molecule has 0 spiro atoms. The monoisotopic (exact) mass is 389 g/mol. The molecule has 0 bridgehead atoms. The number of carbonyl (C=O) groups excluding carboxylic acids is 1. The second-order valence-electron chi connectivity index (χ2n) is 5.72. The highest BCUT2D eigenvalue weighted by molar-refractivity contribution is 6.02. The first-order valence-corrected chi connectivity index (χ1v) is 8.07. The first-order chi connectivity index (χ1) is 13.3. The van der Waals surface area contributed by atoms with Gasteiger partial charge in [0.25, 0.3) is 5.91 Å². The molecule has 28 heavy (non-hydrogen) atoms. The van der Waals surface area contributed by atoms with Crippen molar-refractivity contribution in [1.29, 1.82) is 0 Å². The van der Waals surface area contributed by atoms with Crippen LogP contribution in [0.2, 0.25) is 0 Å². The lowest BCUT2D eigenvalue weighted by molar-refractivity contribution is -0.0498. The van der Waals surface area contributed by atoms with Gasteiger partial charge in [0.1, 0.15) is 17.3 Å². The molecule has 1 aromatic heterocycles. The highest BCUT2D eigenvalue weighted by Crippen LogP contribution is 2.18. The lowest BCUT2D eigenvalue weighted by atomic mass is 10.2. The van der Waals surface area contributed by atoms with Crippen LogP contribution in [0.25, 0.3) is 5.69 Å². The molecule has 0 aliphatic carbocycles. The minimum Gasteiger partial charge on any atom is -0.435 e. The average Bonchev–Trinajstić information content (AvgIpc) is 2.64. The molecular weight excluding hydrogens is 375 g/mol. The van der Waals surface area contributed by atoms with Crippen LogP contribution in [0.5, 0.6) is 5.75 Å². The molecule has 3 rings (SSSR count). The highest BCUT2D eigenvalue weighted by Gasteiger charge is 2.17. The molecule has 0 fully saturated rings. The van der Waals surface area contributed by atoms with Gasteiger partial charge in [-0.15, -0.1) is 0 Å². The third-order valence-electron chi connectivity index (χ3n) is 3.74. The van der Waals surface area contributed by atoms with Gasteiger partial charge in [0.05, 0.1) is 0 Å². The molecule has 144 valence electrons. The van der Waals surface area contributed by atoms with Crippen LogP contribution in [-0.2, 0) is 0 Å². The van der Waals surface area contributed by atoms with Crippen LogP contribution in [0.1, 0.15) is 16.2 Å². The van der Waals surface area contributed by atoms with Crippen LogP contribution < -0.4 is 15.5 Å². The molecule has 9 heteroatoms. The Morgan fingerprint density at radius 1 is 1.14 bits per heavy atom. The van der Waals surface area contributed by atoms with Crippen molar-refractivity contribution in [3.63, 3.8) is 0 Å². The molecule has 0 saturated carbocycles. The number of carbonyl (C=O) groups is 1. The molecule has 3 aromatic rings. The van der Waals surface area contributed by atoms with Crippen molar-refractivity contribution in [3.8, 4) is 11.4 Å². The van der Waals surface area contributed by atoms with Gasteiger partial charge in [-0.1, -0.05) is 12.1 Å². The zero-order chi connectivity index (χ0) is 20.3. The normalized spacial score (nSPS) is 10.8. The van der Waals surface area contributed by atoms with Crippen molar-refractivity contribution in [2.24, 2.45) is 0 Å². The van der Waals surface area contributed by atoms with E-state index in [2.05, 4.69) is 15.2 Å². The van der Waals surface area contributed by atoms with E-state index < -0.39 is 29.5 Å². The fraction of sp³-hybridized carbons (Fsp3) is 0.105. The fourth-order valence-electron chi connectivity index (χ4n) is 2.48. The van der Waals surface area contributed by atoms with Crippen LogP contribution in [-0.4, -0.2) is 22.3 Å². The zero-order valence-electron chi connectivity index (χ0n) is 14.5. The summed E-state index contributed by atoms with van der Waals surface area (Å²) in [7, 11) is 0. The SMILES string of the molecule is Cc1cc(=O)c(C(=O)Nc2ccc(OC(F)F)cc2)nn1-c1ccccc1F. The predicted molar refractivity (Wildman–Crippen MR) is 95.6 cm³/mol. The second kappa shape index (κ2) is 7.95. The summed E-state index contributed by atoms with van der Waals surface area (Å²) in [5, 5.41) is 6.42. The minimum absolute atomic E-state index is 0.0802. The minimum atomic E-state index is -2.96. The third-order valence-corrected chi connectivity index (χ3v) is 3.74. The van der Waals surface area contributed by atoms with Crippen molar-refractivity contribution in [3.05, 3.63) is 82.0 Å². The smallest absolute Gasteiger partial charge is 0.387 e. The second-order valence-corrected chi connectivity index (χ2v) is 5.72. The number of para-hydroxylation sites is 1. The number of nitrogens with zero attached hydrogens (tertiary/aromatic N) is 2. The van der Waals surface area contributed by atoms with Gasteiger partial charge in [-0.25, -0.2) is 9.07 Å². The summed E-state index contributed by atoms with van der Waals surface area (Å²) in [4.78, 5) is 24.6. The summed E-state index contributed by atoms with van der Waals surface area (Å²) in [6.45, 7) is -1.40. The van der Waals surface area contributed by atoms with E-state index in [-0.39, 0.29) is 17.1 Å². The number of halogens is 3. The molecule has 1 heterocycles. The first kappa shape index (κ1) is 19.2. The van der Waals surface area contributed by atoms with E-state index in [1.807, 2.05) is 0 Å². The number of rotatable bonds is 5. The van der Waals surface area contributed by atoms with Gasteiger partial charge >= 0.3 is 6.61 Å². The molecule has 0 aliphatic rings. The third kappa shape index (κ3) is 4.20. The Hall–Kier alpha value is -3.62. The predicted octanol–water partition coefficient (Wildman–Crippen LogP) is 3.53. The molecule has 6 nitrogen and oxygen atoms in total. The number of nitrogens with one attached hydrogen (secondary N) is 1. The van der Waals surface area contributed by atoms with Crippen LogP contribution in [0, 0.1) is 12.7 Å². The topological polar surface area (TPSA) is 73.2 Å². The summed E-state index contributed by atoms with van der Waals surface area (Å²) in [6, 6.07) is 12.1. The molecule has 0 unspecified atom stereocenters. The van der Waals surface area contributed by atoms with Crippen molar-refractivity contribution in [2.45, 2.75) is 13.5 Å². The summed E-state index contributed by atoms with van der Waals surface area (Å²) in [5.41, 5.74) is -0.407. The van der Waals surface area contributed by atoms with E-state index in [0.29, 0.717) is 5.69 Å². The first-order valence-electron chi connectivity index (χ1n) is 8.07. The molecule has 0 radical (unpaired) electrons. The van der Waals surface area contributed by atoms with Crippen LogP contribution >= 0.6 is 0 Å². The van der Waals surface area contributed by atoms with Crippen LogP contribution in [0.3, 0.4) is 0 Å². The Balaban J connectivity index is 1.89. The van der Waals surface area contributed by atoms with E-state index >= 15 is 0 Å². The Morgan fingerprint density at radius 3 is 2.46 bits per heavy atom. The number of amides is 1. The zero-order valence-corrected chi connectivity index (χ0v) is 14.5. The highest BCUT2D eigenvalue weighted by atomic mass is 19.3. The van der Waals surface area contributed by atoms with Gasteiger partial charge in [-0.3, -0.25) is 9.59 Å². The summed E-state index contributed by atoms with van der Waals surface area (Å²) in [6.07, 6.45) is 0. The lowest BCUT2D eigenvalue weighted by Gasteiger charge is -2.12. The summed E-state index contributed by atoms with van der Waals surface area (Å²) < 4.78 is 43.8. The number of ether oxygens (including phenoxy) is 1. The van der Waals surface area contributed by atoms with Gasteiger partial charge < -0.3 is 10.1 Å². The Morgan fingerprint density at radius 2 is 1.82 bits per heavy atom. The number of aryl methyl sites for hydroxylation is 1. The number of hydrogen-bond donors (Lipinski definition) is 1. The maximum absolute atomic E-state index is 14.1. The molecule has 1 amide bonds. The number of alkyl halides is 2. The number of aromatic nitrogens is 2. The van der Waals surface area contributed by atoms with E-state index in [1.54, 1.807) is 13.0 Å². The van der Waals surface area contributed by atoms with Crippen molar-refractivity contribution < 1.29 is 22.7 Å². The quantitative estimate of drug-likeness (QED) is 0.725.